The van der Waals surface area contributed by atoms with E-state index in [9.17, 15) is 0 Å². The average Bonchev–Trinajstić information content (AvgIpc) is 2.81. The van der Waals surface area contributed by atoms with Crippen molar-refractivity contribution in [3.05, 3.63) is 29.3 Å². The van der Waals surface area contributed by atoms with Crippen LogP contribution in [0, 0.1) is 11.8 Å². The molecule has 2 heteroatoms. The van der Waals surface area contributed by atoms with Crippen molar-refractivity contribution in [3.63, 3.8) is 0 Å². The molecule has 0 bridgehead atoms. The predicted molar refractivity (Wildman–Crippen MR) is 83.2 cm³/mol. The van der Waals surface area contributed by atoms with E-state index in [1.807, 2.05) is 0 Å². The van der Waals surface area contributed by atoms with E-state index in [4.69, 9.17) is 4.74 Å². The van der Waals surface area contributed by atoms with Crippen LogP contribution in [-0.4, -0.2) is 13.2 Å². The van der Waals surface area contributed by atoms with Crippen molar-refractivity contribution in [2.24, 2.45) is 11.8 Å². The van der Waals surface area contributed by atoms with Gasteiger partial charge in [0.15, 0.2) is 0 Å². The van der Waals surface area contributed by atoms with Gasteiger partial charge in [-0.05, 0) is 68.2 Å². The Labute approximate surface area is 122 Å². The summed E-state index contributed by atoms with van der Waals surface area (Å²) in [6, 6.07) is 7.08. The molecule has 0 aliphatic heterocycles. The number of benzene rings is 1. The molecular weight excluding hydrogens is 246 g/mol. The average molecular weight is 273 g/mol. The molecule has 0 amide bonds. The maximum absolute atomic E-state index is 6.40. The highest BCUT2D eigenvalue weighted by atomic mass is 16.5. The maximum Gasteiger partial charge on any atom is 0.123 e. The molecule has 1 saturated carbocycles. The number of hydrogen-bond acceptors (Lipinski definition) is 2. The lowest BCUT2D eigenvalue weighted by Gasteiger charge is -2.32. The van der Waals surface area contributed by atoms with Crippen LogP contribution in [0.2, 0.25) is 0 Å². The molecule has 0 saturated heterocycles. The quantitative estimate of drug-likeness (QED) is 0.895. The van der Waals surface area contributed by atoms with Gasteiger partial charge in [0.25, 0.3) is 0 Å². The highest BCUT2D eigenvalue weighted by molar-refractivity contribution is 5.45. The molecule has 2 nitrogen and oxygen atoms in total. The Kier molecular flexibility index (Phi) is 4.02. The molecular formula is C18H27NO. The van der Waals surface area contributed by atoms with Gasteiger partial charge in [-0.1, -0.05) is 26.0 Å². The topological polar surface area (TPSA) is 21.3 Å². The Hall–Kier alpha value is -1.02. The molecule has 3 rings (SSSR count). The highest BCUT2D eigenvalue weighted by Gasteiger charge is 2.28. The van der Waals surface area contributed by atoms with Crippen molar-refractivity contribution >= 4 is 0 Å². The van der Waals surface area contributed by atoms with E-state index < -0.39 is 0 Å². The van der Waals surface area contributed by atoms with E-state index in [2.05, 4.69) is 44.4 Å². The first-order valence-electron chi connectivity index (χ1n) is 8.13. The van der Waals surface area contributed by atoms with Crippen LogP contribution in [0.15, 0.2) is 18.2 Å². The van der Waals surface area contributed by atoms with Gasteiger partial charge in [0, 0.05) is 6.04 Å². The fourth-order valence-corrected chi connectivity index (χ4v) is 4.18. The van der Waals surface area contributed by atoms with E-state index in [-0.39, 0.29) is 0 Å². The molecule has 2 aliphatic carbocycles. The van der Waals surface area contributed by atoms with Gasteiger partial charge in [0.2, 0.25) is 0 Å². The van der Waals surface area contributed by atoms with Crippen molar-refractivity contribution in [3.8, 4) is 5.75 Å². The molecule has 3 unspecified atom stereocenters. The number of fused-ring (bicyclic) bond motifs is 1. The fourth-order valence-electron chi connectivity index (χ4n) is 4.18. The van der Waals surface area contributed by atoms with Crippen molar-refractivity contribution in [1.82, 2.24) is 5.32 Å². The first-order chi connectivity index (χ1) is 9.67. The van der Waals surface area contributed by atoms with Gasteiger partial charge in [0.05, 0.1) is 6.10 Å². The Morgan fingerprint density at radius 1 is 1.10 bits per heavy atom. The zero-order valence-corrected chi connectivity index (χ0v) is 13.0. The van der Waals surface area contributed by atoms with Gasteiger partial charge in [0.1, 0.15) is 5.75 Å². The summed E-state index contributed by atoms with van der Waals surface area (Å²) >= 11 is 0. The van der Waals surface area contributed by atoms with Crippen LogP contribution in [0.3, 0.4) is 0 Å². The van der Waals surface area contributed by atoms with Crippen molar-refractivity contribution in [2.45, 2.75) is 58.1 Å². The van der Waals surface area contributed by atoms with Crippen molar-refractivity contribution < 1.29 is 4.74 Å². The second-order valence-corrected chi connectivity index (χ2v) is 6.86. The monoisotopic (exact) mass is 273 g/mol. The van der Waals surface area contributed by atoms with Gasteiger partial charge in [-0.25, -0.2) is 0 Å². The summed E-state index contributed by atoms with van der Waals surface area (Å²) in [4.78, 5) is 0. The first kappa shape index (κ1) is 13.9. The van der Waals surface area contributed by atoms with Crippen molar-refractivity contribution in [1.29, 1.82) is 0 Å². The summed E-state index contributed by atoms with van der Waals surface area (Å²) in [6.07, 6.45) is 6.54. The number of hydrogen-bond donors (Lipinski definition) is 1. The smallest absolute Gasteiger partial charge is 0.123 e. The standard InChI is InChI=1S/C18H27NO/c1-12-9-13(2)11-14(10-12)20-18-6-4-5-15-16(18)7-8-17(15)19-3/h4-6,12-14,17,19H,7-11H2,1-3H3. The molecule has 1 fully saturated rings. The summed E-state index contributed by atoms with van der Waals surface area (Å²) in [5, 5.41) is 3.41. The molecule has 0 spiro atoms. The fraction of sp³-hybridized carbons (Fsp3) is 0.667. The minimum atomic E-state index is 0.411. The van der Waals surface area contributed by atoms with Crippen LogP contribution in [0.4, 0.5) is 0 Å². The molecule has 0 radical (unpaired) electrons. The minimum absolute atomic E-state index is 0.411. The molecule has 1 aromatic rings. The summed E-state index contributed by atoms with van der Waals surface area (Å²) in [7, 11) is 2.05. The first-order valence-corrected chi connectivity index (χ1v) is 8.13. The number of nitrogens with one attached hydrogen (secondary N) is 1. The van der Waals surface area contributed by atoms with E-state index in [1.165, 1.54) is 36.8 Å². The third-order valence-corrected chi connectivity index (χ3v) is 5.01. The van der Waals surface area contributed by atoms with Gasteiger partial charge in [-0.2, -0.15) is 0 Å². The van der Waals surface area contributed by atoms with Gasteiger partial charge < -0.3 is 10.1 Å². The molecule has 1 aromatic carbocycles. The normalized spacial score (nSPS) is 33.0. The molecule has 0 aromatic heterocycles. The Bertz CT molecular complexity index is 460. The Morgan fingerprint density at radius 2 is 1.85 bits per heavy atom. The molecule has 0 heterocycles. The maximum atomic E-state index is 6.40. The van der Waals surface area contributed by atoms with Crippen molar-refractivity contribution in [2.75, 3.05) is 7.05 Å². The SMILES string of the molecule is CNC1CCc2c(OC3CC(C)CC(C)C3)cccc21. The lowest BCUT2D eigenvalue weighted by Crippen LogP contribution is -2.28. The Morgan fingerprint density at radius 3 is 2.55 bits per heavy atom. The largest absolute Gasteiger partial charge is 0.490 e. The van der Waals surface area contributed by atoms with Crippen LogP contribution < -0.4 is 10.1 Å². The lowest BCUT2D eigenvalue weighted by atomic mass is 9.82. The summed E-state index contributed by atoms with van der Waals surface area (Å²) in [5.74, 6) is 2.74. The molecule has 2 aliphatic rings. The van der Waals surface area contributed by atoms with E-state index in [0.29, 0.717) is 12.1 Å². The van der Waals surface area contributed by atoms with E-state index >= 15 is 0 Å². The zero-order chi connectivity index (χ0) is 14.1. The second-order valence-electron chi connectivity index (χ2n) is 6.86. The third kappa shape index (κ3) is 2.71. The molecule has 20 heavy (non-hydrogen) atoms. The zero-order valence-electron chi connectivity index (χ0n) is 13.0. The van der Waals surface area contributed by atoms with E-state index in [1.54, 1.807) is 0 Å². The molecule has 3 atom stereocenters. The minimum Gasteiger partial charge on any atom is -0.490 e. The second kappa shape index (κ2) is 5.77. The highest BCUT2D eigenvalue weighted by Crippen LogP contribution is 2.39. The van der Waals surface area contributed by atoms with Crippen LogP contribution in [0.5, 0.6) is 5.75 Å². The van der Waals surface area contributed by atoms with Crippen LogP contribution in [0.1, 0.15) is 56.7 Å². The third-order valence-electron chi connectivity index (χ3n) is 5.01. The molecule has 110 valence electrons. The molecule has 1 N–H and O–H groups in total. The van der Waals surface area contributed by atoms with Gasteiger partial charge in [-0.3, -0.25) is 0 Å². The van der Waals surface area contributed by atoms with Gasteiger partial charge >= 0.3 is 0 Å². The number of ether oxygens (including phenoxy) is 1. The Balaban J connectivity index is 1.77. The predicted octanol–water partition coefficient (Wildman–Crippen LogP) is 4.10. The lowest BCUT2D eigenvalue weighted by molar-refractivity contribution is 0.100. The van der Waals surface area contributed by atoms with E-state index in [0.717, 1.165) is 24.0 Å². The summed E-state index contributed by atoms with van der Waals surface area (Å²) in [5.41, 5.74) is 2.89. The summed E-state index contributed by atoms with van der Waals surface area (Å²) in [6.45, 7) is 4.72. The van der Waals surface area contributed by atoms with Crippen LogP contribution >= 0.6 is 0 Å². The summed E-state index contributed by atoms with van der Waals surface area (Å²) < 4.78 is 6.40. The van der Waals surface area contributed by atoms with Crippen LogP contribution in [0.25, 0.3) is 0 Å². The number of rotatable bonds is 3. The van der Waals surface area contributed by atoms with Crippen LogP contribution in [-0.2, 0) is 6.42 Å². The van der Waals surface area contributed by atoms with Gasteiger partial charge in [-0.15, -0.1) is 0 Å².